The fourth-order valence-corrected chi connectivity index (χ4v) is 6.33. The molecule has 1 aromatic rings. The molecule has 130 valence electrons. The molecular formula is C16H21N3O3S2. The lowest BCUT2D eigenvalue weighted by molar-refractivity contribution is 0.0939. The Kier molecular flexibility index (Phi) is 4.87. The van der Waals surface area contributed by atoms with Crippen molar-refractivity contribution in [1.29, 1.82) is 0 Å². The Morgan fingerprint density at radius 1 is 1.33 bits per heavy atom. The molecule has 6 nitrogen and oxygen atoms in total. The van der Waals surface area contributed by atoms with Crippen LogP contribution in [0.2, 0.25) is 0 Å². The van der Waals surface area contributed by atoms with Crippen LogP contribution in [0.4, 0.5) is 5.69 Å². The molecule has 24 heavy (non-hydrogen) atoms. The van der Waals surface area contributed by atoms with E-state index >= 15 is 0 Å². The second-order valence-corrected chi connectivity index (χ2v) is 9.60. The molecule has 0 radical (unpaired) electrons. The van der Waals surface area contributed by atoms with Gasteiger partial charge >= 0.3 is 0 Å². The molecule has 0 bridgehead atoms. The molecule has 0 saturated carbocycles. The average Bonchev–Trinajstić information content (AvgIpc) is 3.00. The number of amidine groups is 1. The van der Waals surface area contributed by atoms with Gasteiger partial charge in [-0.2, -0.15) is 0 Å². The standard InChI is InChI=1S/C16H21N3O3S2/c1-3-10(2)17-15(20)11-4-6-12(7-5-11)18-16-19-13-8-24(21,22)9-14(13)23-16/h4-7,10,13-14H,3,8-9H2,1-2H3,(H,17,20)(H,18,19)/t10-,13-,14+/m0/s1. The first-order valence-electron chi connectivity index (χ1n) is 7.99. The highest BCUT2D eigenvalue weighted by atomic mass is 32.2. The van der Waals surface area contributed by atoms with Crippen molar-refractivity contribution < 1.29 is 13.2 Å². The number of carbonyl (C=O) groups is 1. The van der Waals surface area contributed by atoms with Crippen LogP contribution in [0.15, 0.2) is 29.3 Å². The zero-order chi connectivity index (χ0) is 17.3. The first kappa shape index (κ1) is 17.3. The average molecular weight is 367 g/mol. The molecule has 0 spiro atoms. The highest BCUT2D eigenvalue weighted by Crippen LogP contribution is 2.34. The summed E-state index contributed by atoms with van der Waals surface area (Å²) < 4.78 is 23.1. The third kappa shape index (κ3) is 3.92. The van der Waals surface area contributed by atoms with Crippen molar-refractivity contribution in [3.05, 3.63) is 29.8 Å². The monoisotopic (exact) mass is 367 g/mol. The molecule has 1 saturated heterocycles. The summed E-state index contributed by atoms with van der Waals surface area (Å²) in [5.74, 6) is 0.263. The zero-order valence-corrected chi connectivity index (χ0v) is 15.3. The quantitative estimate of drug-likeness (QED) is 0.849. The largest absolute Gasteiger partial charge is 0.350 e. The summed E-state index contributed by atoms with van der Waals surface area (Å²) in [4.78, 5) is 16.5. The molecule has 8 heteroatoms. The van der Waals surface area contributed by atoms with Gasteiger partial charge in [-0.1, -0.05) is 18.7 Å². The normalized spacial score (nSPS) is 25.7. The Hall–Kier alpha value is -1.54. The van der Waals surface area contributed by atoms with E-state index in [1.165, 1.54) is 11.8 Å². The Bertz CT molecular complexity index is 759. The number of fused-ring (bicyclic) bond motifs is 1. The third-order valence-electron chi connectivity index (χ3n) is 4.21. The second-order valence-electron chi connectivity index (χ2n) is 6.22. The Morgan fingerprint density at radius 3 is 2.67 bits per heavy atom. The molecule has 2 aliphatic heterocycles. The van der Waals surface area contributed by atoms with Gasteiger partial charge in [0.1, 0.15) is 0 Å². The van der Waals surface area contributed by atoms with Crippen molar-refractivity contribution in [2.45, 2.75) is 37.6 Å². The maximum atomic E-state index is 12.0. The van der Waals surface area contributed by atoms with Crippen LogP contribution in [0, 0.1) is 0 Å². The number of anilines is 1. The molecule has 0 aromatic heterocycles. The van der Waals surface area contributed by atoms with E-state index in [9.17, 15) is 13.2 Å². The van der Waals surface area contributed by atoms with Gasteiger partial charge in [0.05, 0.1) is 17.5 Å². The first-order chi connectivity index (χ1) is 11.4. The smallest absolute Gasteiger partial charge is 0.251 e. The fraction of sp³-hybridized carbons (Fsp3) is 0.500. The Labute approximate surface area is 146 Å². The lowest BCUT2D eigenvalue weighted by atomic mass is 10.1. The first-order valence-corrected chi connectivity index (χ1v) is 10.7. The number of aliphatic imine (C=N–C) groups is 1. The highest BCUT2D eigenvalue weighted by molar-refractivity contribution is 8.15. The Balaban J connectivity index is 1.60. The number of nitrogens with zero attached hydrogens (tertiary/aromatic N) is 1. The molecule has 0 unspecified atom stereocenters. The van der Waals surface area contributed by atoms with Crippen LogP contribution in [0.5, 0.6) is 0 Å². The summed E-state index contributed by atoms with van der Waals surface area (Å²) in [7, 11) is -2.93. The van der Waals surface area contributed by atoms with E-state index in [1.807, 2.05) is 26.0 Å². The highest BCUT2D eigenvalue weighted by Gasteiger charge is 2.42. The molecule has 1 aromatic carbocycles. The summed E-state index contributed by atoms with van der Waals surface area (Å²) in [6, 6.07) is 7.22. The predicted molar refractivity (Wildman–Crippen MR) is 98.5 cm³/mol. The van der Waals surface area contributed by atoms with E-state index in [4.69, 9.17) is 0 Å². The van der Waals surface area contributed by atoms with Crippen LogP contribution >= 0.6 is 11.8 Å². The summed E-state index contributed by atoms with van der Waals surface area (Å²) in [5.41, 5.74) is 1.45. The number of nitrogens with one attached hydrogen (secondary N) is 2. The minimum atomic E-state index is -2.93. The number of carbonyl (C=O) groups excluding carboxylic acids is 1. The van der Waals surface area contributed by atoms with Crippen LogP contribution in [0.3, 0.4) is 0 Å². The van der Waals surface area contributed by atoms with Gasteiger partial charge in [0.25, 0.3) is 5.91 Å². The van der Waals surface area contributed by atoms with E-state index in [1.54, 1.807) is 12.1 Å². The van der Waals surface area contributed by atoms with E-state index in [2.05, 4.69) is 15.6 Å². The lowest BCUT2D eigenvalue weighted by Crippen LogP contribution is -2.31. The number of rotatable bonds is 4. The molecule has 2 heterocycles. The van der Waals surface area contributed by atoms with Crippen molar-refractivity contribution in [3.8, 4) is 0 Å². The minimum Gasteiger partial charge on any atom is -0.350 e. The van der Waals surface area contributed by atoms with Crippen LogP contribution < -0.4 is 10.6 Å². The number of benzene rings is 1. The molecule has 2 N–H and O–H groups in total. The van der Waals surface area contributed by atoms with Crippen molar-refractivity contribution in [2.75, 3.05) is 16.8 Å². The second kappa shape index (κ2) is 6.76. The van der Waals surface area contributed by atoms with Gasteiger partial charge in [-0.15, -0.1) is 0 Å². The number of thioether (sulfide) groups is 1. The number of amides is 1. The molecule has 2 aliphatic rings. The van der Waals surface area contributed by atoms with Crippen LogP contribution in [-0.4, -0.2) is 48.3 Å². The van der Waals surface area contributed by atoms with Gasteiger partial charge < -0.3 is 10.6 Å². The van der Waals surface area contributed by atoms with Crippen molar-refractivity contribution in [2.24, 2.45) is 4.99 Å². The summed E-state index contributed by atoms with van der Waals surface area (Å²) >= 11 is 1.48. The molecule has 3 rings (SSSR count). The topological polar surface area (TPSA) is 87.6 Å². The van der Waals surface area contributed by atoms with Gasteiger partial charge in [-0.25, -0.2) is 8.42 Å². The van der Waals surface area contributed by atoms with E-state index in [-0.39, 0.29) is 34.7 Å². The summed E-state index contributed by atoms with van der Waals surface area (Å²) in [5, 5.41) is 6.90. The maximum Gasteiger partial charge on any atom is 0.251 e. The fourth-order valence-electron chi connectivity index (χ4n) is 2.65. The van der Waals surface area contributed by atoms with Gasteiger partial charge in [-0.3, -0.25) is 9.79 Å². The van der Waals surface area contributed by atoms with Crippen molar-refractivity contribution in [3.63, 3.8) is 0 Å². The van der Waals surface area contributed by atoms with Crippen LogP contribution in [0.25, 0.3) is 0 Å². The molecular weight excluding hydrogens is 346 g/mol. The zero-order valence-electron chi connectivity index (χ0n) is 13.7. The number of hydrogen-bond acceptors (Lipinski definition) is 6. The van der Waals surface area contributed by atoms with Gasteiger partial charge in [0, 0.05) is 22.5 Å². The lowest BCUT2D eigenvalue weighted by Gasteiger charge is -2.12. The maximum absolute atomic E-state index is 12.0. The van der Waals surface area contributed by atoms with Crippen LogP contribution in [-0.2, 0) is 9.84 Å². The number of sulfone groups is 1. The molecule has 1 amide bonds. The minimum absolute atomic E-state index is 0.0260. The summed E-state index contributed by atoms with van der Waals surface area (Å²) in [6.07, 6.45) is 0.889. The predicted octanol–water partition coefficient (Wildman–Crippen LogP) is 1.90. The molecule has 0 aliphatic carbocycles. The summed E-state index contributed by atoms with van der Waals surface area (Å²) in [6.45, 7) is 4.00. The third-order valence-corrected chi connectivity index (χ3v) is 7.35. The Morgan fingerprint density at radius 2 is 2.04 bits per heavy atom. The molecule has 1 fully saturated rings. The van der Waals surface area contributed by atoms with Gasteiger partial charge in [0.15, 0.2) is 15.0 Å². The van der Waals surface area contributed by atoms with Crippen molar-refractivity contribution in [1.82, 2.24) is 5.32 Å². The van der Waals surface area contributed by atoms with Crippen molar-refractivity contribution >= 4 is 38.4 Å². The van der Waals surface area contributed by atoms with E-state index in [0.29, 0.717) is 5.56 Å². The molecule has 3 atom stereocenters. The van der Waals surface area contributed by atoms with E-state index < -0.39 is 9.84 Å². The SMILES string of the molecule is CC[C@H](C)NC(=O)c1ccc(NC2=N[C@H]3CS(=O)(=O)C[C@H]3S2)cc1. The van der Waals surface area contributed by atoms with Crippen LogP contribution in [0.1, 0.15) is 30.6 Å². The number of hydrogen-bond donors (Lipinski definition) is 2. The van der Waals surface area contributed by atoms with Gasteiger partial charge in [-0.05, 0) is 37.6 Å². The van der Waals surface area contributed by atoms with E-state index in [0.717, 1.165) is 17.3 Å². The van der Waals surface area contributed by atoms with Gasteiger partial charge in [0.2, 0.25) is 0 Å².